The summed E-state index contributed by atoms with van der Waals surface area (Å²) in [5, 5.41) is 7.51. The summed E-state index contributed by atoms with van der Waals surface area (Å²) in [5.41, 5.74) is 12.7. The van der Waals surface area contributed by atoms with Gasteiger partial charge in [-0.25, -0.2) is 0 Å². The molecule has 0 saturated heterocycles. The Bertz CT molecular complexity index is 656. The third-order valence-corrected chi connectivity index (χ3v) is 3.10. The molecule has 2 aromatic rings. The van der Waals surface area contributed by atoms with E-state index < -0.39 is 5.91 Å². The molecule has 1 heterocycles. The summed E-state index contributed by atoms with van der Waals surface area (Å²) in [6.45, 7) is 1.17. The van der Waals surface area contributed by atoms with Crippen LogP contribution in [0.15, 0.2) is 24.5 Å². The van der Waals surface area contributed by atoms with Crippen molar-refractivity contribution in [2.75, 3.05) is 24.8 Å². The van der Waals surface area contributed by atoms with Crippen LogP contribution in [-0.4, -0.2) is 29.4 Å². The van der Waals surface area contributed by atoms with Crippen molar-refractivity contribution in [1.82, 2.24) is 9.78 Å². The second-order valence-electron chi connectivity index (χ2n) is 4.40. The number of nitrogens with one attached hydrogen (secondary N) is 1. The number of hydrogen-bond acceptors (Lipinski definition) is 5. The second kappa shape index (κ2) is 6.47. The average Bonchev–Trinajstić information content (AvgIpc) is 2.86. The molecule has 0 radical (unpaired) electrons. The first kappa shape index (κ1) is 15.1. The van der Waals surface area contributed by atoms with Crippen molar-refractivity contribution in [2.24, 2.45) is 5.73 Å². The number of hydrogen-bond donors (Lipinski definition) is 3. The maximum Gasteiger partial charge on any atom is 0.250 e. The summed E-state index contributed by atoms with van der Waals surface area (Å²) in [7, 11) is 1.62. The molecule has 0 aliphatic carbocycles. The van der Waals surface area contributed by atoms with Crippen molar-refractivity contribution >= 4 is 34.6 Å². The molecule has 21 heavy (non-hydrogen) atoms. The lowest BCUT2D eigenvalue weighted by Crippen LogP contribution is -2.14. The third-order valence-electron chi connectivity index (χ3n) is 2.81. The van der Waals surface area contributed by atoms with E-state index in [1.807, 2.05) is 0 Å². The summed E-state index contributed by atoms with van der Waals surface area (Å²) in [6.07, 6.45) is 3.39. The summed E-state index contributed by atoms with van der Waals surface area (Å²) in [4.78, 5) is 11.5. The molecule has 0 fully saturated rings. The smallest absolute Gasteiger partial charge is 0.250 e. The first-order valence-electron chi connectivity index (χ1n) is 6.18. The van der Waals surface area contributed by atoms with Crippen LogP contribution in [0.4, 0.5) is 17.1 Å². The summed E-state index contributed by atoms with van der Waals surface area (Å²) in [6, 6.07) is 3.03. The van der Waals surface area contributed by atoms with Crippen LogP contribution in [-0.2, 0) is 11.3 Å². The summed E-state index contributed by atoms with van der Waals surface area (Å²) >= 11 is 6.12. The molecule has 1 aromatic carbocycles. The van der Waals surface area contributed by atoms with E-state index >= 15 is 0 Å². The van der Waals surface area contributed by atoms with Crippen LogP contribution in [0.1, 0.15) is 10.4 Å². The predicted molar refractivity (Wildman–Crippen MR) is 81.8 cm³/mol. The maximum absolute atomic E-state index is 11.5. The van der Waals surface area contributed by atoms with Gasteiger partial charge in [0.05, 0.1) is 41.3 Å². The lowest BCUT2D eigenvalue weighted by atomic mass is 10.1. The van der Waals surface area contributed by atoms with Crippen molar-refractivity contribution in [3.8, 4) is 0 Å². The van der Waals surface area contributed by atoms with Gasteiger partial charge in [-0.3, -0.25) is 9.48 Å². The Morgan fingerprint density at radius 1 is 1.52 bits per heavy atom. The molecule has 0 spiro atoms. The molecule has 8 heteroatoms. The normalized spacial score (nSPS) is 10.6. The van der Waals surface area contributed by atoms with E-state index in [1.54, 1.807) is 30.3 Å². The predicted octanol–water partition coefficient (Wildman–Crippen LogP) is 1.61. The lowest BCUT2D eigenvalue weighted by Gasteiger charge is -2.11. The van der Waals surface area contributed by atoms with Crippen LogP contribution in [0.25, 0.3) is 0 Å². The Labute approximate surface area is 126 Å². The van der Waals surface area contributed by atoms with Gasteiger partial charge in [-0.1, -0.05) is 11.6 Å². The number of carbonyl (C=O) groups is 1. The fourth-order valence-electron chi connectivity index (χ4n) is 1.83. The fraction of sp³-hybridized carbons (Fsp3) is 0.231. The molecular weight excluding hydrogens is 294 g/mol. The molecular formula is C13H16ClN5O2. The van der Waals surface area contributed by atoms with E-state index in [0.717, 1.165) is 0 Å². The number of halogens is 1. The zero-order valence-corrected chi connectivity index (χ0v) is 12.2. The van der Waals surface area contributed by atoms with Gasteiger partial charge in [0.1, 0.15) is 0 Å². The molecule has 112 valence electrons. The van der Waals surface area contributed by atoms with Gasteiger partial charge >= 0.3 is 0 Å². The van der Waals surface area contributed by atoms with Crippen molar-refractivity contribution in [1.29, 1.82) is 0 Å². The SMILES string of the molecule is COCCn1cc(Nc2c(Cl)cc(N)cc2C(N)=O)cn1. The molecule has 7 nitrogen and oxygen atoms in total. The minimum absolute atomic E-state index is 0.227. The van der Waals surface area contributed by atoms with E-state index in [0.29, 0.717) is 35.2 Å². The van der Waals surface area contributed by atoms with Gasteiger partial charge in [0.2, 0.25) is 0 Å². The molecule has 0 bridgehead atoms. The quantitative estimate of drug-likeness (QED) is 0.702. The van der Waals surface area contributed by atoms with Crippen LogP contribution in [0.2, 0.25) is 5.02 Å². The maximum atomic E-state index is 11.5. The number of carbonyl (C=O) groups excluding carboxylic acids is 1. The number of nitrogen functional groups attached to an aromatic ring is 1. The van der Waals surface area contributed by atoms with E-state index in [9.17, 15) is 4.79 Å². The number of benzene rings is 1. The van der Waals surface area contributed by atoms with Crippen LogP contribution in [0.5, 0.6) is 0 Å². The van der Waals surface area contributed by atoms with E-state index in [2.05, 4.69) is 10.4 Å². The minimum Gasteiger partial charge on any atom is -0.399 e. The van der Waals surface area contributed by atoms with Crippen molar-refractivity contribution in [3.05, 3.63) is 35.1 Å². The number of amides is 1. The van der Waals surface area contributed by atoms with E-state index in [1.165, 1.54) is 6.07 Å². The topological polar surface area (TPSA) is 108 Å². The highest BCUT2D eigenvalue weighted by Gasteiger charge is 2.14. The van der Waals surface area contributed by atoms with Crippen LogP contribution < -0.4 is 16.8 Å². The zero-order chi connectivity index (χ0) is 15.4. The second-order valence-corrected chi connectivity index (χ2v) is 4.81. The number of nitrogens with two attached hydrogens (primary N) is 2. The largest absolute Gasteiger partial charge is 0.399 e. The summed E-state index contributed by atoms with van der Waals surface area (Å²) < 4.78 is 6.69. The molecule has 0 saturated carbocycles. The van der Waals surface area contributed by atoms with Gasteiger partial charge in [-0.15, -0.1) is 0 Å². The summed E-state index contributed by atoms with van der Waals surface area (Å²) in [5.74, 6) is -0.613. The minimum atomic E-state index is -0.613. The van der Waals surface area contributed by atoms with Gasteiger partial charge < -0.3 is 21.5 Å². The number of nitrogens with zero attached hydrogens (tertiary/aromatic N) is 2. The molecule has 2 rings (SSSR count). The Balaban J connectivity index is 2.26. The van der Waals surface area contributed by atoms with Crippen LogP contribution >= 0.6 is 11.6 Å². The Hall–Kier alpha value is -2.25. The first-order valence-corrected chi connectivity index (χ1v) is 6.56. The first-order chi connectivity index (χ1) is 10.0. The number of aromatic nitrogens is 2. The van der Waals surface area contributed by atoms with Crippen LogP contribution in [0.3, 0.4) is 0 Å². The number of ether oxygens (including phenoxy) is 1. The molecule has 0 aliphatic heterocycles. The van der Waals surface area contributed by atoms with Gasteiger partial charge in [-0.05, 0) is 12.1 Å². The number of methoxy groups -OCH3 is 1. The monoisotopic (exact) mass is 309 g/mol. The number of anilines is 3. The van der Waals surface area contributed by atoms with E-state index in [4.69, 9.17) is 27.8 Å². The Morgan fingerprint density at radius 3 is 2.95 bits per heavy atom. The van der Waals surface area contributed by atoms with Gasteiger partial charge in [0, 0.05) is 19.0 Å². The third kappa shape index (κ3) is 3.65. The molecule has 0 atom stereocenters. The Morgan fingerprint density at radius 2 is 2.29 bits per heavy atom. The highest BCUT2D eigenvalue weighted by molar-refractivity contribution is 6.34. The van der Waals surface area contributed by atoms with Crippen LogP contribution in [0, 0.1) is 0 Å². The van der Waals surface area contributed by atoms with Gasteiger partial charge in [0.25, 0.3) is 5.91 Å². The van der Waals surface area contributed by atoms with Crippen molar-refractivity contribution < 1.29 is 9.53 Å². The lowest BCUT2D eigenvalue weighted by molar-refractivity contribution is 0.100. The average molecular weight is 310 g/mol. The van der Waals surface area contributed by atoms with Gasteiger partial charge in [0.15, 0.2) is 0 Å². The highest BCUT2D eigenvalue weighted by atomic mass is 35.5. The van der Waals surface area contributed by atoms with Crippen molar-refractivity contribution in [2.45, 2.75) is 6.54 Å². The number of primary amides is 1. The molecule has 0 unspecified atom stereocenters. The molecule has 5 N–H and O–H groups in total. The standard InChI is InChI=1S/C13H16ClN5O2/c1-21-3-2-19-7-9(6-17-19)18-12-10(13(16)20)4-8(15)5-11(12)14/h4-7,18H,2-3,15H2,1H3,(H2,16,20). The fourth-order valence-corrected chi connectivity index (χ4v) is 2.10. The highest BCUT2D eigenvalue weighted by Crippen LogP contribution is 2.31. The molecule has 1 amide bonds. The Kier molecular flexibility index (Phi) is 4.66. The van der Waals surface area contributed by atoms with Gasteiger partial charge in [-0.2, -0.15) is 5.10 Å². The molecule has 0 aliphatic rings. The van der Waals surface area contributed by atoms with E-state index in [-0.39, 0.29) is 5.56 Å². The number of rotatable bonds is 6. The van der Waals surface area contributed by atoms with Crippen molar-refractivity contribution in [3.63, 3.8) is 0 Å². The molecule has 1 aromatic heterocycles. The zero-order valence-electron chi connectivity index (χ0n) is 11.5.